The second-order valence-corrected chi connectivity index (χ2v) is 28.3. The summed E-state index contributed by atoms with van der Waals surface area (Å²) in [7, 11) is -9.89. The summed E-state index contributed by atoms with van der Waals surface area (Å²) in [6, 6.07) is 0. The summed E-state index contributed by atoms with van der Waals surface area (Å²) in [5.74, 6) is -0.685. The van der Waals surface area contributed by atoms with Crippen molar-refractivity contribution in [3.05, 3.63) is 0 Å². The molecule has 0 amide bonds. The average molecular weight is 1300 g/mol. The Morgan fingerprint density at radius 1 is 0.318 bits per heavy atom. The van der Waals surface area contributed by atoms with Crippen molar-refractivity contribution in [2.45, 2.75) is 368 Å². The van der Waals surface area contributed by atoms with Crippen molar-refractivity contribution in [2.24, 2.45) is 11.8 Å². The second-order valence-electron chi connectivity index (χ2n) is 25.4. The Balaban J connectivity index is 5.12. The first-order valence-electron chi connectivity index (χ1n) is 36.1. The molecule has 4 unspecified atom stereocenters. The molecule has 0 aromatic heterocycles. The van der Waals surface area contributed by atoms with Gasteiger partial charge in [-0.1, -0.05) is 298 Å². The van der Waals surface area contributed by atoms with E-state index in [4.69, 9.17) is 37.0 Å². The lowest BCUT2D eigenvalue weighted by Gasteiger charge is -2.21. The highest BCUT2D eigenvalue weighted by Crippen LogP contribution is 2.45. The SMILES string of the molecule is CCCCCCCCCCCCCCCCCCCCCCCC(=O)O[C@H](COC(=O)CCCCCCCCC(C)CC)COP(=O)(O)OC[C@@H](O)COP(=O)(O)OC[C@@H](COC(=O)CCCCCCCCC)OC(=O)CCCCCCCCC(C)CC. The zero-order valence-corrected chi connectivity index (χ0v) is 58.8. The molecule has 17 nitrogen and oxygen atoms in total. The zero-order chi connectivity index (χ0) is 65.0. The molecule has 0 saturated heterocycles. The number of aliphatic hydroxyl groups excluding tert-OH is 1. The minimum Gasteiger partial charge on any atom is -0.462 e. The maximum absolute atomic E-state index is 13.0. The molecule has 0 aliphatic rings. The molecular formula is C69H134O17P2. The van der Waals surface area contributed by atoms with Crippen LogP contribution in [0.4, 0.5) is 0 Å². The van der Waals surface area contributed by atoms with E-state index in [1.54, 1.807) is 0 Å². The van der Waals surface area contributed by atoms with Gasteiger partial charge in [0, 0.05) is 25.7 Å². The van der Waals surface area contributed by atoms with Crippen molar-refractivity contribution >= 4 is 39.5 Å². The molecule has 0 heterocycles. The first-order chi connectivity index (χ1) is 42.4. The van der Waals surface area contributed by atoms with Crippen LogP contribution in [0.5, 0.6) is 0 Å². The molecule has 7 atom stereocenters. The fourth-order valence-electron chi connectivity index (χ4n) is 10.4. The highest BCUT2D eigenvalue weighted by molar-refractivity contribution is 7.47. The molecule has 522 valence electrons. The molecule has 0 bridgehead atoms. The minimum absolute atomic E-state index is 0.102. The summed E-state index contributed by atoms with van der Waals surface area (Å²) < 4.78 is 68.1. The van der Waals surface area contributed by atoms with Crippen LogP contribution in [0.15, 0.2) is 0 Å². The molecule has 0 aliphatic heterocycles. The van der Waals surface area contributed by atoms with Gasteiger partial charge in [-0.2, -0.15) is 0 Å². The summed E-state index contributed by atoms with van der Waals surface area (Å²) in [5, 5.41) is 10.5. The van der Waals surface area contributed by atoms with Crippen LogP contribution in [-0.4, -0.2) is 96.7 Å². The summed E-state index contributed by atoms with van der Waals surface area (Å²) in [5.41, 5.74) is 0. The van der Waals surface area contributed by atoms with Crippen LogP contribution in [0.25, 0.3) is 0 Å². The largest absolute Gasteiger partial charge is 0.472 e. The van der Waals surface area contributed by atoms with E-state index < -0.39 is 97.5 Å². The number of carbonyl (C=O) groups is 4. The van der Waals surface area contributed by atoms with Crippen molar-refractivity contribution in [1.82, 2.24) is 0 Å². The number of phosphoric ester groups is 2. The van der Waals surface area contributed by atoms with Crippen molar-refractivity contribution in [2.75, 3.05) is 39.6 Å². The lowest BCUT2D eigenvalue weighted by molar-refractivity contribution is -0.161. The highest BCUT2D eigenvalue weighted by atomic mass is 31.2. The third-order valence-electron chi connectivity index (χ3n) is 16.7. The molecule has 3 N–H and O–H groups in total. The molecule has 0 aliphatic carbocycles. The standard InChI is InChI=1S/C69H134O17P2/c1-7-11-13-15-17-18-19-20-21-22-23-24-25-26-27-28-29-30-32-41-47-53-68(73)85-64(58-80-67(72)52-46-40-35-33-37-43-49-61(5)9-3)59-83-87(75,76)81-55-63(70)56-82-88(77,78)84-60-65(57-79-66(71)51-45-39-31-16-14-12-8-2)86-69(74)54-48-42-36-34-38-44-50-62(6)10-4/h61-65,70H,7-60H2,1-6H3,(H,75,76)(H,77,78)/t61?,62?,63-,64-,65-/m1/s1. The normalized spacial score (nSPS) is 14.8. The fraction of sp³-hybridized carbons (Fsp3) is 0.942. The summed E-state index contributed by atoms with van der Waals surface area (Å²) in [6.45, 7) is 9.40. The van der Waals surface area contributed by atoms with Crippen molar-refractivity contribution < 1.29 is 80.2 Å². The summed E-state index contributed by atoms with van der Waals surface area (Å²) in [6.07, 6.45) is 46.3. The number of ether oxygens (including phenoxy) is 4. The molecule has 0 radical (unpaired) electrons. The molecule has 19 heteroatoms. The molecule has 0 spiro atoms. The molecule has 0 aromatic carbocycles. The third kappa shape index (κ3) is 60.3. The minimum atomic E-state index is -4.95. The molecule has 88 heavy (non-hydrogen) atoms. The van der Waals surface area contributed by atoms with Crippen LogP contribution in [-0.2, 0) is 65.4 Å². The summed E-state index contributed by atoms with van der Waals surface area (Å²) >= 11 is 0. The van der Waals surface area contributed by atoms with E-state index in [2.05, 4.69) is 41.5 Å². The lowest BCUT2D eigenvalue weighted by atomic mass is 10.00. The number of rotatable bonds is 68. The van der Waals surface area contributed by atoms with E-state index >= 15 is 0 Å². The highest BCUT2D eigenvalue weighted by Gasteiger charge is 2.30. The predicted octanol–water partition coefficient (Wildman–Crippen LogP) is 19.6. The number of hydrogen-bond donors (Lipinski definition) is 3. The van der Waals surface area contributed by atoms with E-state index in [0.717, 1.165) is 121 Å². The fourth-order valence-corrected chi connectivity index (χ4v) is 11.9. The number of unbranched alkanes of at least 4 members (excludes halogenated alkanes) is 36. The van der Waals surface area contributed by atoms with Gasteiger partial charge in [0.1, 0.15) is 19.3 Å². The average Bonchev–Trinajstić information content (AvgIpc) is 3.64. The summed E-state index contributed by atoms with van der Waals surface area (Å²) in [4.78, 5) is 72.3. The zero-order valence-electron chi connectivity index (χ0n) is 57.0. The van der Waals surface area contributed by atoms with E-state index in [1.165, 1.54) is 148 Å². The number of hydrogen-bond acceptors (Lipinski definition) is 15. The first kappa shape index (κ1) is 86.1. The molecule has 0 aromatic rings. The van der Waals surface area contributed by atoms with Gasteiger partial charge in [0.15, 0.2) is 12.2 Å². The monoisotopic (exact) mass is 1300 g/mol. The first-order valence-corrected chi connectivity index (χ1v) is 39.1. The Hall–Kier alpha value is -1.94. The van der Waals surface area contributed by atoms with Gasteiger partial charge >= 0.3 is 39.5 Å². The smallest absolute Gasteiger partial charge is 0.462 e. The van der Waals surface area contributed by atoms with Gasteiger partial charge in [0.2, 0.25) is 0 Å². The molecular weight excluding hydrogens is 1160 g/mol. The Labute approximate surface area is 537 Å². The van der Waals surface area contributed by atoms with Gasteiger partial charge in [-0.05, 0) is 37.5 Å². The van der Waals surface area contributed by atoms with Crippen molar-refractivity contribution in [1.29, 1.82) is 0 Å². The van der Waals surface area contributed by atoms with Crippen LogP contribution < -0.4 is 0 Å². The maximum atomic E-state index is 13.0. The Bertz CT molecular complexity index is 1720. The number of esters is 4. The van der Waals surface area contributed by atoms with E-state index in [9.17, 15) is 43.2 Å². The van der Waals surface area contributed by atoms with Gasteiger partial charge in [0.05, 0.1) is 26.4 Å². The van der Waals surface area contributed by atoms with Crippen LogP contribution in [0.2, 0.25) is 0 Å². The van der Waals surface area contributed by atoms with Gasteiger partial charge in [-0.25, -0.2) is 9.13 Å². The second kappa shape index (κ2) is 61.3. The molecule has 0 rings (SSSR count). The van der Waals surface area contributed by atoms with Gasteiger partial charge < -0.3 is 33.8 Å². The topological polar surface area (TPSA) is 237 Å². The predicted molar refractivity (Wildman–Crippen MR) is 354 cm³/mol. The van der Waals surface area contributed by atoms with Crippen LogP contribution in [0.3, 0.4) is 0 Å². The van der Waals surface area contributed by atoms with E-state index in [1.807, 2.05) is 0 Å². The van der Waals surface area contributed by atoms with Crippen LogP contribution >= 0.6 is 15.6 Å². The van der Waals surface area contributed by atoms with E-state index in [0.29, 0.717) is 25.7 Å². The Morgan fingerprint density at radius 2 is 0.545 bits per heavy atom. The number of phosphoric acid groups is 2. The van der Waals surface area contributed by atoms with Crippen LogP contribution in [0.1, 0.15) is 350 Å². The molecule has 0 saturated carbocycles. The lowest BCUT2D eigenvalue weighted by Crippen LogP contribution is -2.30. The quantitative estimate of drug-likeness (QED) is 0.0222. The number of carbonyl (C=O) groups excluding carboxylic acids is 4. The molecule has 0 fully saturated rings. The van der Waals surface area contributed by atoms with Gasteiger partial charge in [-0.3, -0.25) is 37.3 Å². The van der Waals surface area contributed by atoms with E-state index in [-0.39, 0.29) is 25.7 Å². The number of aliphatic hydroxyl groups is 1. The third-order valence-corrected chi connectivity index (χ3v) is 18.6. The Kier molecular flexibility index (Phi) is 59.9. The van der Waals surface area contributed by atoms with Crippen LogP contribution in [0, 0.1) is 11.8 Å². The maximum Gasteiger partial charge on any atom is 0.472 e. The Morgan fingerprint density at radius 3 is 0.807 bits per heavy atom. The van der Waals surface area contributed by atoms with Gasteiger partial charge in [0.25, 0.3) is 0 Å². The van der Waals surface area contributed by atoms with Crippen molar-refractivity contribution in [3.8, 4) is 0 Å². The van der Waals surface area contributed by atoms with Crippen molar-refractivity contribution in [3.63, 3.8) is 0 Å². The van der Waals surface area contributed by atoms with Gasteiger partial charge in [-0.15, -0.1) is 0 Å².